The van der Waals surface area contributed by atoms with E-state index >= 15 is 0 Å². The number of nitrogens with zero attached hydrogens (tertiary/aromatic N) is 1. The number of aliphatic imine (C=N–C) groups is 1. The van der Waals surface area contributed by atoms with Gasteiger partial charge in [-0.2, -0.15) is 0 Å². The summed E-state index contributed by atoms with van der Waals surface area (Å²) in [6.45, 7) is 2.39. The van der Waals surface area contributed by atoms with Crippen LogP contribution in [0.5, 0.6) is 0 Å². The molecule has 0 aromatic rings. The molecule has 11 heavy (non-hydrogen) atoms. The van der Waals surface area contributed by atoms with Crippen molar-refractivity contribution < 1.29 is 0 Å². The van der Waals surface area contributed by atoms with Crippen LogP contribution in [-0.2, 0) is 0 Å². The molecule has 0 saturated heterocycles. The quantitative estimate of drug-likeness (QED) is 0.504. The SMILES string of the molecule is CC1CCC2CC(CC=N2)C1. The lowest BCUT2D eigenvalue weighted by Gasteiger charge is -2.20. The Morgan fingerprint density at radius 2 is 2.18 bits per heavy atom. The summed E-state index contributed by atoms with van der Waals surface area (Å²) in [4.78, 5) is 4.52. The van der Waals surface area contributed by atoms with E-state index in [-0.39, 0.29) is 0 Å². The molecular formula is C10H17N. The van der Waals surface area contributed by atoms with Crippen LogP contribution in [-0.4, -0.2) is 12.3 Å². The molecule has 1 heterocycles. The molecule has 2 rings (SSSR count). The minimum atomic E-state index is 0.693. The Morgan fingerprint density at radius 1 is 1.27 bits per heavy atom. The monoisotopic (exact) mass is 151 g/mol. The molecule has 1 aliphatic heterocycles. The predicted octanol–water partition coefficient (Wildman–Crippen LogP) is 2.66. The Kier molecular flexibility index (Phi) is 1.97. The van der Waals surface area contributed by atoms with Crippen LogP contribution in [0.15, 0.2) is 4.99 Å². The molecule has 62 valence electrons. The zero-order valence-electron chi connectivity index (χ0n) is 7.29. The molecular weight excluding hydrogens is 134 g/mol. The van der Waals surface area contributed by atoms with E-state index in [9.17, 15) is 0 Å². The number of hydrogen-bond donors (Lipinski definition) is 0. The van der Waals surface area contributed by atoms with Crippen molar-refractivity contribution in [3.05, 3.63) is 0 Å². The first kappa shape index (κ1) is 7.33. The third kappa shape index (κ3) is 1.63. The molecule has 1 saturated carbocycles. The largest absolute Gasteiger partial charge is 0.294 e. The smallest absolute Gasteiger partial charge is 0.0498 e. The molecule has 1 nitrogen and oxygen atoms in total. The van der Waals surface area contributed by atoms with Gasteiger partial charge in [0, 0.05) is 6.04 Å². The van der Waals surface area contributed by atoms with E-state index in [4.69, 9.17) is 0 Å². The fourth-order valence-corrected chi connectivity index (χ4v) is 2.45. The van der Waals surface area contributed by atoms with E-state index in [1.807, 2.05) is 0 Å². The maximum atomic E-state index is 4.52. The van der Waals surface area contributed by atoms with E-state index in [1.54, 1.807) is 0 Å². The average Bonchev–Trinajstić information content (AvgIpc) is 2.12. The Hall–Kier alpha value is -0.330. The van der Waals surface area contributed by atoms with Gasteiger partial charge in [-0.1, -0.05) is 6.92 Å². The summed E-state index contributed by atoms with van der Waals surface area (Å²) < 4.78 is 0. The minimum Gasteiger partial charge on any atom is -0.294 e. The summed E-state index contributed by atoms with van der Waals surface area (Å²) in [5.41, 5.74) is 0. The van der Waals surface area contributed by atoms with Gasteiger partial charge in [0.1, 0.15) is 0 Å². The molecule has 0 radical (unpaired) electrons. The van der Waals surface area contributed by atoms with Crippen LogP contribution in [0.2, 0.25) is 0 Å². The molecule has 3 unspecified atom stereocenters. The van der Waals surface area contributed by atoms with Gasteiger partial charge in [-0.05, 0) is 50.2 Å². The number of fused-ring (bicyclic) bond motifs is 2. The topological polar surface area (TPSA) is 12.4 Å². The highest BCUT2D eigenvalue weighted by Gasteiger charge is 2.24. The molecule has 1 fully saturated rings. The van der Waals surface area contributed by atoms with Crippen molar-refractivity contribution in [3.63, 3.8) is 0 Å². The van der Waals surface area contributed by atoms with Crippen LogP contribution in [0.4, 0.5) is 0 Å². The van der Waals surface area contributed by atoms with Gasteiger partial charge >= 0.3 is 0 Å². The Bertz CT molecular complexity index is 162. The van der Waals surface area contributed by atoms with Crippen molar-refractivity contribution in [2.45, 2.75) is 45.1 Å². The lowest BCUT2D eigenvalue weighted by molar-refractivity contribution is 0.394. The first-order valence-corrected chi connectivity index (χ1v) is 4.86. The molecule has 3 atom stereocenters. The average molecular weight is 151 g/mol. The highest BCUT2D eigenvalue weighted by atomic mass is 14.8. The van der Waals surface area contributed by atoms with Crippen molar-refractivity contribution in [2.75, 3.05) is 0 Å². The molecule has 0 aromatic carbocycles. The number of hydrogen-bond acceptors (Lipinski definition) is 1. The molecule has 0 amide bonds. The lowest BCUT2D eigenvalue weighted by Crippen LogP contribution is -2.15. The van der Waals surface area contributed by atoms with Crippen LogP contribution >= 0.6 is 0 Å². The van der Waals surface area contributed by atoms with Gasteiger partial charge in [0.05, 0.1) is 0 Å². The highest BCUT2D eigenvalue weighted by Crippen LogP contribution is 2.32. The molecule has 0 spiro atoms. The van der Waals surface area contributed by atoms with Crippen LogP contribution in [0.3, 0.4) is 0 Å². The third-order valence-electron chi connectivity index (χ3n) is 3.09. The number of rotatable bonds is 0. The van der Waals surface area contributed by atoms with E-state index in [0.29, 0.717) is 6.04 Å². The fourth-order valence-electron chi connectivity index (χ4n) is 2.45. The van der Waals surface area contributed by atoms with Crippen molar-refractivity contribution in [1.82, 2.24) is 0 Å². The lowest BCUT2D eigenvalue weighted by atomic mass is 9.90. The Morgan fingerprint density at radius 3 is 3.09 bits per heavy atom. The molecule has 2 bridgehead atoms. The van der Waals surface area contributed by atoms with Gasteiger partial charge < -0.3 is 0 Å². The Balaban J connectivity index is 2.06. The first-order valence-electron chi connectivity index (χ1n) is 4.86. The highest BCUT2D eigenvalue weighted by molar-refractivity contribution is 5.58. The van der Waals surface area contributed by atoms with Crippen molar-refractivity contribution >= 4 is 6.21 Å². The third-order valence-corrected chi connectivity index (χ3v) is 3.09. The molecule has 0 N–H and O–H groups in total. The summed E-state index contributed by atoms with van der Waals surface area (Å²) in [5, 5.41) is 0. The standard InChI is InChI=1S/C10H17N/c1-8-2-3-10-7-9(6-8)4-5-11-10/h5,8-10H,2-4,6-7H2,1H3. The summed E-state index contributed by atoms with van der Waals surface area (Å²) in [6.07, 6.45) is 8.98. The maximum Gasteiger partial charge on any atom is 0.0498 e. The van der Waals surface area contributed by atoms with Crippen molar-refractivity contribution in [3.8, 4) is 0 Å². The van der Waals surface area contributed by atoms with Crippen LogP contribution in [0, 0.1) is 11.8 Å². The zero-order valence-corrected chi connectivity index (χ0v) is 7.29. The van der Waals surface area contributed by atoms with Gasteiger partial charge in [0.2, 0.25) is 0 Å². The summed E-state index contributed by atoms with van der Waals surface area (Å²) >= 11 is 0. The van der Waals surface area contributed by atoms with Crippen molar-refractivity contribution in [2.24, 2.45) is 16.8 Å². The van der Waals surface area contributed by atoms with Gasteiger partial charge in [-0.3, -0.25) is 4.99 Å². The minimum absolute atomic E-state index is 0.693. The van der Waals surface area contributed by atoms with Crippen LogP contribution in [0.25, 0.3) is 0 Å². The van der Waals surface area contributed by atoms with E-state index in [2.05, 4.69) is 18.1 Å². The van der Waals surface area contributed by atoms with Crippen LogP contribution < -0.4 is 0 Å². The zero-order chi connectivity index (χ0) is 7.68. The predicted molar refractivity (Wildman–Crippen MR) is 48.0 cm³/mol. The van der Waals surface area contributed by atoms with E-state index in [1.165, 1.54) is 32.1 Å². The molecule has 1 heteroatoms. The van der Waals surface area contributed by atoms with Gasteiger partial charge in [-0.15, -0.1) is 0 Å². The molecule has 1 aliphatic carbocycles. The van der Waals surface area contributed by atoms with Gasteiger partial charge in [0.15, 0.2) is 0 Å². The maximum absolute atomic E-state index is 4.52. The van der Waals surface area contributed by atoms with Gasteiger partial charge in [0.25, 0.3) is 0 Å². The second kappa shape index (κ2) is 2.96. The van der Waals surface area contributed by atoms with Crippen molar-refractivity contribution in [1.29, 1.82) is 0 Å². The fraction of sp³-hybridized carbons (Fsp3) is 0.900. The van der Waals surface area contributed by atoms with E-state index < -0.39 is 0 Å². The van der Waals surface area contributed by atoms with E-state index in [0.717, 1.165) is 11.8 Å². The second-order valence-corrected chi connectivity index (χ2v) is 4.24. The van der Waals surface area contributed by atoms with Crippen LogP contribution in [0.1, 0.15) is 39.0 Å². The second-order valence-electron chi connectivity index (χ2n) is 4.24. The summed E-state index contributed by atoms with van der Waals surface area (Å²) in [5.74, 6) is 1.92. The van der Waals surface area contributed by atoms with Gasteiger partial charge in [-0.25, -0.2) is 0 Å². The molecule has 0 aromatic heterocycles. The first-order chi connectivity index (χ1) is 5.34. The summed E-state index contributed by atoms with van der Waals surface area (Å²) in [6, 6.07) is 0.693. The summed E-state index contributed by atoms with van der Waals surface area (Å²) in [7, 11) is 0. The molecule has 2 aliphatic rings. The Labute approximate surface area is 68.9 Å². The normalized spacial score (nSPS) is 43.5.